The highest BCUT2D eigenvalue weighted by Crippen LogP contribution is 2.22. The summed E-state index contributed by atoms with van der Waals surface area (Å²) in [6.45, 7) is 6.70. The average molecular weight is 250 g/mol. The Balaban J connectivity index is 1.74. The number of aromatic nitrogens is 1. The van der Waals surface area contributed by atoms with E-state index in [1.807, 2.05) is 32.9 Å². The molecule has 1 fully saturated rings. The summed E-state index contributed by atoms with van der Waals surface area (Å²) in [4.78, 5) is 17.4. The predicted octanol–water partition coefficient (Wildman–Crippen LogP) is 2.08. The number of rotatable bonds is 3. The van der Waals surface area contributed by atoms with Gasteiger partial charge in [0.2, 0.25) is 5.88 Å². The molecule has 0 unspecified atom stereocenters. The fourth-order valence-electron chi connectivity index (χ4n) is 1.48. The van der Waals surface area contributed by atoms with Gasteiger partial charge in [-0.05, 0) is 26.8 Å². The lowest BCUT2D eigenvalue weighted by Gasteiger charge is -2.19. The summed E-state index contributed by atoms with van der Waals surface area (Å²) < 4.78 is 10.7. The number of carbonyl (C=O) groups excluding carboxylic acids is 1. The molecule has 2 rings (SSSR count). The minimum atomic E-state index is -0.452. The Morgan fingerprint density at radius 3 is 2.89 bits per heavy atom. The van der Waals surface area contributed by atoms with Crippen molar-refractivity contribution in [2.45, 2.75) is 32.4 Å². The van der Waals surface area contributed by atoms with E-state index in [0.717, 1.165) is 0 Å². The second kappa shape index (κ2) is 4.84. The normalized spacial score (nSPS) is 18.4. The van der Waals surface area contributed by atoms with Gasteiger partial charge in [0.15, 0.2) is 0 Å². The second-order valence-electron chi connectivity index (χ2n) is 5.27. The molecule has 5 heteroatoms. The summed E-state index contributed by atoms with van der Waals surface area (Å²) >= 11 is 0. The Morgan fingerprint density at radius 2 is 2.28 bits per heavy atom. The Bertz CT molecular complexity index is 414. The van der Waals surface area contributed by atoms with Gasteiger partial charge in [-0.25, -0.2) is 9.78 Å². The molecule has 1 aromatic rings. The number of carbonyl (C=O) groups is 1. The van der Waals surface area contributed by atoms with Gasteiger partial charge in [-0.2, -0.15) is 0 Å². The first-order valence-electron chi connectivity index (χ1n) is 5.99. The topological polar surface area (TPSA) is 51.4 Å². The van der Waals surface area contributed by atoms with E-state index in [2.05, 4.69) is 4.98 Å². The van der Waals surface area contributed by atoms with Crippen molar-refractivity contribution in [3.05, 3.63) is 24.4 Å². The van der Waals surface area contributed by atoms with Crippen molar-refractivity contribution in [1.82, 2.24) is 9.88 Å². The maximum absolute atomic E-state index is 11.7. The number of nitrogens with zero attached hydrogens (tertiary/aromatic N) is 2. The van der Waals surface area contributed by atoms with Crippen LogP contribution in [-0.2, 0) is 4.74 Å². The van der Waals surface area contributed by atoms with E-state index < -0.39 is 5.60 Å². The smallest absolute Gasteiger partial charge is 0.410 e. The van der Waals surface area contributed by atoms with Gasteiger partial charge in [0, 0.05) is 18.8 Å². The molecule has 2 heterocycles. The Morgan fingerprint density at radius 1 is 1.50 bits per heavy atom. The summed E-state index contributed by atoms with van der Waals surface area (Å²) in [6.07, 6.45) is 1.39. The average Bonchev–Trinajstić information content (AvgIpc) is 3.05. The molecule has 98 valence electrons. The van der Waals surface area contributed by atoms with Crippen molar-refractivity contribution in [3.63, 3.8) is 0 Å². The maximum atomic E-state index is 11.7. The lowest BCUT2D eigenvalue weighted by molar-refractivity contribution is 0.0397. The molecular weight excluding hydrogens is 232 g/mol. The lowest BCUT2D eigenvalue weighted by Crippen LogP contribution is -2.28. The molecule has 0 N–H and O–H groups in total. The van der Waals surface area contributed by atoms with E-state index in [-0.39, 0.29) is 12.1 Å². The van der Waals surface area contributed by atoms with Crippen LogP contribution in [0, 0.1) is 0 Å². The van der Waals surface area contributed by atoms with Crippen LogP contribution in [0.1, 0.15) is 20.8 Å². The molecule has 18 heavy (non-hydrogen) atoms. The van der Waals surface area contributed by atoms with E-state index in [1.54, 1.807) is 17.2 Å². The molecule has 0 aromatic carbocycles. The van der Waals surface area contributed by atoms with Crippen molar-refractivity contribution in [3.8, 4) is 5.88 Å². The highest BCUT2D eigenvalue weighted by atomic mass is 16.6. The van der Waals surface area contributed by atoms with Crippen LogP contribution >= 0.6 is 0 Å². The van der Waals surface area contributed by atoms with E-state index in [0.29, 0.717) is 19.0 Å². The zero-order valence-corrected chi connectivity index (χ0v) is 10.9. The first-order chi connectivity index (χ1) is 8.46. The summed E-state index contributed by atoms with van der Waals surface area (Å²) in [5.41, 5.74) is -0.452. The van der Waals surface area contributed by atoms with Gasteiger partial charge in [0.25, 0.3) is 0 Å². The molecule has 0 spiro atoms. The summed E-state index contributed by atoms with van der Waals surface area (Å²) in [6, 6.07) is 5.58. The van der Waals surface area contributed by atoms with E-state index in [1.165, 1.54) is 0 Å². The fraction of sp³-hybridized carbons (Fsp3) is 0.538. The monoisotopic (exact) mass is 250 g/mol. The third-order valence-electron chi connectivity index (χ3n) is 2.40. The van der Waals surface area contributed by atoms with Gasteiger partial charge in [-0.3, -0.25) is 4.90 Å². The lowest BCUT2D eigenvalue weighted by atomic mass is 10.2. The highest BCUT2D eigenvalue weighted by Gasteiger charge is 2.41. The summed E-state index contributed by atoms with van der Waals surface area (Å²) in [5.74, 6) is 0.577. The zero-order valence-electron chi connectivity index (χ0n) is 10.9. The van der Waals surface area contributed by atoms with Gasteiger partial charge in [-0.15, -0.1) is 0 Å². The van der Waals surface area contributed by atoms with Crippen LogP contribution in [-0.4, -0.2) is 40.8 Å². The minimum absolute atomic E-state index is 0.0989. The van der Waals surface area contributed by atoms with Crippen LogP contribution in [0.15, 0.2) is 24.4 Å². The molecule has 0 radical (unpaired) electrons. The van der Waals surface area contributed by atoms with Crippen LogP contribution in [0.4, 0.5) is 4.79 Å². The van der Waals surface area contributed by atoms with Crippen molar-refractivity contribution < 1.29 is 14.3 Å². The Labute approximate surface area is 107 Å². The number of hydrogen-bond donors (Lipinski definition) is 0. The molecule has 5 nitrogen and oxygen atoms in total. The number of pyridine rings is 1. The van der Waals surface area contributed by atoms with Crippen molar-refractivity contribution in [2.24, 2.45) is 0 Å². The van der Waals surface area contributed by atoms with Crippen LogP contribution in [0.5, 0.6) is 5.88 Å². The fourth-order valence-corrected chi connectivity index (χ4v) is 1.48. The third-order valence-corrected chi connectivity index (χ3v) is 2.40. The molecule has 1 aliphatic heterocycles. The molecule has 1 aliphatic rings. The summed E-state index contributed by atoms with van der Waals surface area (Å²) in [7, 11) is 0. The maximum Gasteiger partial charge on any atom is 0.410 e. The van der Waals surface area contributed by atoms with Crippen LogP contribution in [0.25, 0.3) is 0 Å². The van der Waals surface area contributed by atoms with Crippen LogP contribution in [0.3, 0.4) is 0 Å². The van der Waals surface area contributed by atoms with E-state index >= 15 is 0 Å². The van der Waals surface area contributed by atoms with Gasteiger partial charge < -0.3 is 9.47 Å². The SMILES string of the molecule is CC(C)(C)OC(=O)N1C[C@@H]1COc1ccccn1. The molecule has 1 saturated heterocycles. The summed E-state index contributed by atoms with van der Waals surface area (Å²) in [5, 5.41) is 0. The number of hydrogen-bond acceptors (Lipinski definition) is 4. The Hall–Kier alpha value is -1.78. The van der Waals surface area contributed by atoms with Crippen molar-refractivity contribution >= 4 is 6.09 Å². The molecule has 0 bridgehead atoms. The van der Waals surface area contributed by atoms with E-state index in [9.17, 15) is 4.79 Å². The van der Waals surface area contributed by atoms with Gasteiger partial charge in [0.1, 0.15) is 12.2 Å². The van der Waals surface area contributed by atoms with Crippen molar-refractivity contribution in [2.75, 3.05) is 13.2 Å². The molecule has 1 aromatic heterocycles. The van der Waals surface area contributed by atoms with Gasteiger partial charge in [0.05, 0.1) is 6.04 Å². The third kappa shape index (κ3) is 3.61. The van der Waals surface area contributed by atoms with Crippen LogP contribution in [0.2, 0.25) is 0 Å². The first-order valence-corrected chi connectivity index (χ1v) is 5.99. The molecule has 1 amide bonds. The van der Waals surface area contributed by atoms with Gasteiger partial charge in [-0.1, -0.05) is 6.07 Å². The van der Waals surface area contributed by atoms with Crippen molar-refractivity contribution in [1.29, 1.82) is 0 Å². The van der Waals surface area contributed by atoms with Crippen LogP contribution < -0.4 is 4.74 Å². The highest BCUT2D eigenvalue weighted by molar-refractivity contribution is 5.71. The number of amides is 1. The first kappa shape index (κ1) is 12.7. The predicted molar refractivity (Wildman–Crippen MR) is 66.5 cm³/mol. The molecule has 0 aliphatic carbocycles. The quantitative estimate of drug-likeness (QED) is 0.771. The standard InChI is InChI=1S/C13H18N2O3/c1-13(2,3)18-12(16)15-8-10(15)9-17-11-6-4-5-7-14-11/h4-7,10H,8-9H2,1-3H3/t10-,15?/m1/s1. The molecule has 1 atom stereocenters. The largest absolute Gasteiger partial charge is 0.475 e. The molecule has 0 saturated carbocycles. The minimum Gasteiger partial charge on any atom is -0.475 e. The molecular formula is C13H18N2O3. The zero-order chi connectivity index (χ0) is 13.2. The number of ether oxygens (including phenoxy) is 2. The Kier molecular flexibility index (Phi) is 3.41. The second-order valence-corrected chi connectivity index (χ2v) is 5.27. The van der Waals surface area contributed by atoms with E-state index in [4.69, 9.17) is 9.47 Å². The van der Waals surface area contributed by atoms with Gasteiger partial charge >= 0.3 is 6.09 Å².